The molecule has 0 bridgehead atoms. The van der Waals surface area contributed by atoms with E-state index in [0.717, 1.165) is 28.0 Å². The van der Waals surface area contributed by atoms with Crippen molar-refractivity contribution in [1.29, 1.82) is 0 Å². The van der Waals surface area contributed by atoms with Gasteiger partial charge in [-0.15, -0.1) is 11.3 Å². The van der Waals surface area contributed by atoms with E-state index in [1.54, 1.807) is 11.3 Å². The molecular weight excluding hydrogens is 344 g/mol. The van der Waals surface area contributed by atoms with Crippen LogP contribution in [0.3, 0.4) is 0 Å². The lowest BCUT2D eigenvalue weighted by Gasteiger charge is -2.16. The third-order valence-electron chi connectivity index (χ3n) is 3.52. The molecule has 2 aromatic carbocycles. The van der Waals surface area contributed by atoms with E-state index in [1.165, 1.54) is 10.3 Å². The fraction of sp³-hybridized carbons (Fsp3) is 0.235. The average Bonchev–Trinajstić information content (AvgIpc) is 2.92. The van der Waals surface area contributed by atoms with Crippen LogP contribution in [-0.2, 0) is 6.54 Å². The molecule has 3 rings (SSSR count). The highest BCUT2D eigenvalue weighted by atomic mass is 79.9. The van der Waals surface area contributed by atoms with Gasteiger partial charge < -0.3 is 5.32 Å². The standard InChI is InChI=1S/C17H17BrN2S/c1-2-14(12-7-9-13(18)10-8-12)19-11-17-20-15-5-3-4-6-16(15)21-17/h3-10,14,19H,2,11H2,1H3/t14-/m1/s1. The van der Waals surface area contributed by atoms with Crippen LogP contribution < -0.4 is 5.32 Å². The number of benzene rings is 2. The van der Waals surface area contributed by atoms with E-state index in [4.69, 9.17) is 0 Å². The van der Waals surface area contributed by atoms with Gasteiger partial charge in [0.15, 0.2) is 0 Å². The molecule has 0 fully saturated rings. The fourth-order valence-corrected chi connectivity index (χ4v) is 3.58. The highest BCUT2D eigenvalue weighted by Crippen LogP contribution is 2.23. The lowest BCUT2D eigenvalue weighted by atomic mass is 10.1. The number of nitrogens with zero attached hydrogens (tertiary/aromatic N) is 1. The van der Waals surface area contributed by atoms with Crippen molar-refractivity contribution in [3.8, 4) is 0 Å². The molecule has 0 aliphatic carbocycles. The number of thiazole rings is 1. The topological polar surface area (TPSA) is 24.9 Å². The van der Waals surface area contributed by atoms with Crippen molar-refractivity contribution in [3.63, 3.8) is 0 Å². The van der Waals surface area contributed by atoms with Gasteiger partial charge in [0, 0.05) is 17.1 Å². The van der Waals surface area contributed by atoms with Crippen LogP contribution in [0.1, 0.15) is 30.0 Å². The second-order valence-corrected chi connectivity index (χ2v) is 7.00. The Balaban J connectivity index is 1.71. The maximum atomic E-state index is 4.68. The highest BCUT2D eigenvalue weighted by molar-refractivity contribution is 9.10. The zero-order valence-electron chi connectivity index (χ0n) is 11.8. The zero-order valence-corrected chi connectivity index (χ0v) is 14.2. The Kier molecular flexibility index (Phi) is 4.68. The number of halogens is 1. The minimum Gasteiger partial charge on any atom is -0.304 e. The molecule has 1 N–H and O–H groups in total. The minimum atomic E-state index is 0.366. The highest BCUT2D eigenvalue weighted by Gasteiger charge is 2.10. The van der Waals surface area contributed by atoms with E-state index in [0.29, 0.717) is 6.04 Å². The first-order chi connectivity index (χ1) is 10.3. The Morgan fingerprint density at radius 1 is 1.14 bits per heavy atom. The van der Waals surface area contributed by atoms with Crippen molar-refractivity contribution in [2.24, 2.45) is 0 Å². The number of aromatic nitrogens is 1. The van der Waals surface area contributed by atoms with Crippen LogP contribution in [-0.4, -0.2) is 4.98 Å². The third-order valence-corrected chi connectivity index (χ3v) is 5.08. The molecule has 0 unspecified atom stereocenters. The number of rotatable bonds is 5. The lowest BCUT2D eigenvalue weighted by molar-refractivity contribution is 0.518. The van der Waals surface area contributed by atoms with E-state index in [-0.39, 0.29) is 0 Å². The molecule has 0 saturated heterocycles. The normalized spacial score (nSPS) is 12.7. The molecule has 3 aromatic rings. The molecule has 108 valence electrons. The predicted octanol–water partition coefficient (Wildman–Crippen LogP) is 5.30. The van der Waals surface area contributed by atoms with Crippen LogP contribution in [0, 0.1) is 0 Å². The fourth-order valence-electron chi connectivity index (χ4n) is 2.40. The lowest BCUT2D eigenvalue weighted by Crippen LogP contribution is -2.20. The van der Waals surface area contributed by atoms with Gasteiger partial charge in [0.25, 0.3) is 0 Å². The summed E-state index contributed by atoms with van der Waals surface area (Å²) in [6.07, 6.45) is 1.06. The van der Waals surface area contributed by atoms with Crippen LogP contribution in [0.2, 0.25) is 0 Å². The second-order valence-electron chi connectivity index (χ2n) is 4.97. The maximum absolute atomic E-state index is 4.68. The summed E-state index contributed by atoms with van der Waals surface area (Å²) in [6.45, 7) is 3.02. The molecule has 0 spiro atoms. The third kappa shape index (κ3) is 3.51. The van der Waals surface area contributed by atoms with Crippen LogP contribution in [0.5, 0.6) is 0 Å². The summed E-state index contributed by atoms with van der Waals surface area (Å²) in [4.78, 5) is 4.68. The van der Waals surface area contributed by atoms with Gasteiger partial charge >= 0.3 is 0 Å². The Morgan fingerprint density at radius 3 is 2.62 bits per heavy atom. The van der Waals surface area contributed by atoms with E-state index < -0.39 is 0 Å². The number of fused-ring (bicyclic) bond motifs is 1. The van der Waals surface area contributed by atoms with Crippen LogP contribution >= 0.6 is 27.3 Å². The first-order valence-electron chi connectivity index (χ1n) is 7.09. The molecule has 1 heterocycles. The van der Waals surface area contributed by atoms with Gasteiger partial charge in [0.2, 0.25) is 0 Å². The van der Waals surface area contributed by atoms with Gasteiger partial charge in [-0.1, -0.05) is 47.1 Å². The maximum Gasteiger partial charge on any atom is 0.108 e. The molecule has 0 aliphatic heterocycles. The van der Waals surface area contributed by atoms with E-state index in [9.17, 15) is 0 Å². The van der Waals surface area contributed by atoms with Gasteiger partial charge in [-0.2, -0.15) is 0 Å². The Morgan fingerprint density at radius 2 is 1.90 bits per heavy atom. The van der Waals surface area contributed by atoms with Gasteiger partial charge in [0.05, 0.1) is 10.2 Å². The minimum absolute atomic E-state index is 0.366. The number of hydrogen-bond acceptors (Lipinski definition) is 3. The molecule has 21 heavy (non-hydrogen) atoms. The summed E-state index contributed by atoms with van der Waals surface area (Å²) < 4.78 is 2.37. The first-order valence-corrected chi connectivity index (χ1v) is 8.70. The second kappa shape index (κ2) is 6.69. The molecule has 1 atom stereocenters. The van der Waals surface area contributed by atoms with Gasteiger partial charge in [-0.3, -0.25) is 0 Å². The molecule has 2 nitrogen and oxygen atoms in total. The number of para-hydroxylation sites is 1. The van der Waals surface area contributed by atoms with Crippen LogP contribution in [0.4, 0.5) is 0 Å². The van der Waals surface area contributed by atoms with Crippen molar-refractivity contribution >= 4 is 37.5 Å². The summed E-state index contributed by atoms with van der Waals surface area (Å²) in [5.41, 5.74) is 2.41. The molecule has 4 heteroatoms. The van der Waals surface area contributed by atoms with Gasteiger partial charge in [-0.25, -0.2) is 4.98 Å². The zero-order chi connectivity index (χ0) is 14.7. The van der Waals surface area contributed by atoms with E-state index in [1.807, 2.05) is 6.07 Å². The average molecular weight is 361 g/mol. The molecule has 0 saturated carbocycles. The van der Waals surface area contributed by atoms with Crippen molar-refractivity contribution in [3.05, 3.63) is 63.6 Å². The number of hydrogen-bond donors (Lipinski definition) is 1. The predicted molar refractivity (Wildman–Crippen MR) is 93.6 cm³/mol. The van der Waals surface area contributed by atoms with Gasteiger partial charge in [0.1, 0.15) is 5.01 Å². The summed E-state index contributed by atoms with van der Waals surface area (Å²) in [5.74, 6) is 0. The van der Waals surface area contributed by atoms with Crippen molar-refractivity contribution < 1.29 is 0 Å². The quantitative estimate of drug-likeness (QED) is 0.667. The van der Waals surface area contributed by atoms with Crippen molar-refractivity contribution in [2.45, 2.75) is 25.9 Å². The van der Waals surface area contributed by atoms with Gasteiger partial charge in [-0.05, 0) is 36.2 Å². The molecule has 1 aromatic heterocycles. The van der Waals surface area contributed by atoms with Crippen LogP contribution in [0.15, 0.2) is 53.0 Å². The molecule has 0 amide bonds. The Labute approximate surface area is 137 Å². The summed E-state index contributed by atoms with van der Waals surface area (Å²) in [7, 11) is 0. The Bertz CT molecular complexity index is 688. The first kappa shape index (κ1) is 14.7. The Hall–Kier alpha value is -1.23. The monoisotopic (exact) mass is 360 g/mol. The smallest absolute Gasteiger partial charge is 0.108 e. The molecule has 0 aliphatic rings. The van der Waals surface area contributed by atoms with Crippen LogP contribution in [0.25, 0.3) is 10.2 Å². The molecule has 0 radical (unpaired) electrons. The summed E-state index contributed by atoms with van der Waals surface area (Å²) >= 11 is 5.25. The van der Waals surface area contributed by atoms with E-state index in [2.05, 4.69) is 75.6 Å². The summed E-state index contributed by atoms with van der Waals surface area (Å²) in [6, 6.07) is 17.2. The molecular formula is C17H17BrN2S. The largest absolute Gasteiger partial charge is 0.304 e. The van der Waals surface area contributed by atoms with Crippen molar-refractivity contribution in [1.82, 2.24) is 10.3 Å². The number of nitrogens with one attached hydrogen (secondary N) is 1. The van der Waals surface area contributed by atoms with Crippen molar-refractivity contribution in [2.75, 3.05) is 0 Å². The summed E-state index contributed by atoms with van der Waals surface area (Å²) in [5, 5.41) is 4.76. The van der Waals surface area contributed by atoms with E-state index >= 15 is 0 Å². The SMILES string of the molecule is CC[C@@H](NCc1nc2ccccc2s1)c1ccc(Br)cc1.